The van der Waals surface area contributed by atoms with Gasteiger partial charge >= 0.3 is 12.0 Å². The lowest BCUT2D eigenvalue weighted by atomic mass is 10.1. The molecule has 1 aliphatic heterocycles. The number of nitrogens with zero attached hydrogens (tertiary/aromatic N) is 1. The zero-order valence-corrected chi connectivity index (χ0v) is 13.4. The van der Waals surface area contributed by atoms with Crippen LogP contribution in [0.1, 0.15) is 19.1 Å². The Balaban J connectivity index is 1.85. The van der Waals surface area contributed by atoms with Crippen LogP contribution in [0.3, 0.4) is 0 Å². The molecule has 0 aromatic carbocycles. The first-order valence-electron chi connectivity index (χ1n) is 7.44. The van der Waals surface area contributed by atoms with Crippen molar-refractivity contribution in [3.8, 4) is 0 Å². The van der Waals surface area contributed by atoms with Gasteiger partial charge in [0.2, 0.25) is 5.91 Å². The normalized spacial score (nSPS) is 18.2. The fourth-order valence-corrected chi connectivity index (χ4v) is 2.27. The summed E-state index contributed by atoms with van der Waals surface area (Å²) in [5.74, 6) is -1.60. The minimum Gasteiger partial charge on any atom is -0.467 e. The molecule has 2 atom stereocenters. The standard InChI is InChI=1S/C15H19N3O6/c1-9(13(20)17-15(22)16-2)24-14(21)10-6-12(19)18(7-10)8-11-4-3-5-23-11/h3-5,9-10H,6-8H2,1-2H3,(H2,16,17,20,22)/t9-,10-/m0/s1. The van der Waals surface area contributed by atoms with Crippen LogP contribution in [0.4, 0.5) is 4.79 Å². The number of furan rings is 1. The molecule has 1 aromatic heterocycles. The highest BCUT2D eigenvalue weighted by Gasteiger charge is 2.37. The van der Waals surface area contributed by atoms with E-state index in [9.17, 15) is 19.2 Å². The average molecular weight is 337 g/mol. The first-order chi connectivity index (χ1) is 11.4. The number of nitrogens with one attached hydrogen (secondary N) is 2. The summed E-state index contributed by atoms with van der Waals surface area (Å²) in [7, 11) is 1.36. The van der Waals surface area contributed by atoms with Crippen molar-refractivity contribution in [1.29, 1.82) is 0 Å². The number of imide groups is 1. The van der Waals surface area contributed by atoms with E-state index in [1.165, 1.54) is 25.1 Å². The summed E-state index contributed by atoms with van der Waals surface area (Å²) in [5, 5.41) is 4.24. The van der Waals surface area contributed by atoms with Crippen molar-refractivity contribution >= 4 is 23.8 Å². The van der Waals surface area contributed by atoms with Gasteiger partial charge in [-0.25, -0.2) is 4.79 Å². The zero-order chi connectivity index (χ0) is 17.7. The van der Waals surface area contributed by atoms with Crippen molar-refractivity contribution in [2.75, 3.05) is 13.6 Å². The predicted octanol–water partition coefficient (Wildman–Crippen LogP) is 0.0154. The fourth-order valence-electron chi connectivity index (χ4n) is 2.27. The second-order valence-electron chi connectivity index (χ2n) is 5.40. The van der Waals surface area contributed by atoms with Crippen LogP contribution >= 0.6 is 0 Å². The van der Waals surface area contributed by atoms with E-state index in [1.54, 1.807) is 12.1 Å². The van der Waals surface area contributed by atoms with Crippen LogP contribution < -0.4 is 10.6 Å². The summed E-state index contributed by atoms with van der Waals surface area (Å²) < 4.78 is 10.2. The molecule has 4 amide bonds. The third kappa shape index (κ3) is 4.34. The van der Waals surface area contributed by atoms with Gasteiger partial charge in [-0.1, -0.05) is 0 Å². The van der Waals surface area contributed by atoms with Crippen LogP contribution in [-0.4, -0.2) is 48.4 Å². The number of hydrogen-bond acceptors (Lipinski definition) is 6. The quantitative estimate of drug-likeness (QED) is 0.731. The Kier molecular flexibility index (Phi) is 5.56. The lowest BCUT2D eigenvalue weighted by Gasteiger charge is -2.16. The lowest BCUT2D eigenvalue weighted by Crippen LogP contribution is -2.44. The van der Waals surface area contributed by atoms with E-state index in [0.717, 1.165) is 0 Å². The molecule has 0 spiro atoms. The minimum absolute atomic E-state index is 0.0172. The Morgan fingerprint density at radius 1 is 1.46 bits per heavy atom. The van der Waals surface area contributed by atoms with Gasteiger partial charge in [-0.3, -0.25) is 19.7 Å². The number of rotatable bonds is 5. The molecule has 0 bridgehead atoms. The zero-order valence-electron chi connectivity index (χ0n) is 13.4. The van der Waals surface area contributed by atoms with Crippen LogP contribution in [0.25, 0.3) is 0 Å². The fraction of sp³-hybridized carbons (Fsp3) is 0.467. The van der Waals surface area contributed by atoms with E-state index in [0.29, 0.717) is 5.76 Å². The van der Waals surface area contributed by atoms with E-state index < -0.39 is 29.9 Å². The molecule has 1 aromatic rings. The van der Waals surface area contributed by atoms with E-state index >= 15 is 0 Å². The van der Waals surface area contributed by atoms with Crippen molar-refractivity contribution in [2.45, 2.75) is 26.0 Å². The number of ether oxygens (including phenoxy) is 1. The largest absolute Gasteiger partial charge is 0.467 e. The molecule has 1 fully saturated rings. The maximum atomic E-state index is 12.1. The van der Waals surface area contributed by atoms with E-state index in [-0.39, 0.29) is 25.4 Å². The molecule has 0 aliphatic carbocycles. The molecule has 2 N–H and O–H groups in total. The maximum absolute atomic E-state index is 12.1. The molecular weight excluding hydrogens is 318 g/mol. The van der Waals surface area contributed by atoms with Crippen molar-refractivity contribution in [2.24, 2.45) is 5.92 Å². The van der Waals surface area contributed by atoms with Gasteiger partial charge in [0.05, 0.1) is 18.7 Å². The molecule has 0 radical (unpaired) electrons. The Hall–Kier alpha value is -2.84. The molecule has 9 heteroatoms. The van der Waals surface area contributed by atoms with E-state index in [1.807, 2.05) is 5.32 Å². The van der Waals surface area contributed by atoms with Gasteiger partial charge in [-0.05, 0) is 19.1 Å². The molecule has 2 rings (SSSR count). The Morgan fingerprint density at radius 2 is 2.21 bits per heavy atom. The first-order valence-corrected chi connectivity index (χ1v) is 7.44. The van der Waals surface area contributed by atoms with Crippen LogP contribution in [0, 0.1) is 5.92 Å². The smallest absolute Gasteiger partial charge is 0.321 e. The molecule has 2 heterocycles. The predicted molar refractivity (Wildman–Crippen MR) is 80.4 cm³/mol. The van der Waals surface area contributed by atoms with Crippen molar-refractivity contribution in [3.63, 3.8) is 0 Å². The SMILES string of the molecule is CNC(=O)NC(=O)[C@H](C)OC(=O)[C@H]1CC(=O)N(Cc2ccco2)C1. The average Bonchev–Trinajstić information content (AvgIpc) is 3.17. The van der Waals surface area contributed by atoms with Gasteiger partial charge in [-0.2, -0.15) is 0 Å². The third-order valence-electron chi connectivity index (χ3n) is 3.60. The maximum Gasteiger partial charge on any atom is 0.321 e. The van der Waals surface area contributed by atoms with E-state index in [2.05, 4.69) is 5.32 Å². The lowest BCUT2D eigenvalue weighted by molar-refractivity contribution is -0.158. The highest BCUT2D eigenvalue weighted by Crippen LogP contribution is 2.22. The van der Waals surface area contributed by atoms with Gasteiger partial charge in [0, 0.05) is 20.0 Å². The second-order valence-corrected chi connectivity index (χ2v) is 5.40. The minimum atomic E-state index is -1.14. The Bertz CT molecular complexity index is 627. The molecule has 9 nitrogen and oxygen atoms in total. The monoisotopic (exact) mass is 337 g/mol. The third-order valence-corrected chi connectivity index (χ3v) is 3.60. The molecule has 0 saturated carbocycles. The second kappa shape index (κ2) is 7.62. The molecule has 1 aliphatic rings. The molecular formula is C15H19N3O6. The summed E-state index contributed by atoms with van der Waals surface area (Å²) in [5.41, 5.74) is 0. The molecule has 0 unspecified atom stereocenters. The van der Waals surface area contributed by atoms with Crippen LogP contribution in [0.5, 0.6) is 0 Å². The number of carbonyl (C=O) groups excluding carboxylic acids is 4. The highest BCUT2D eigenvalue weighted by atomic mass is 16.5. The van der Waals surface area contributed by atoms with E-state index in [4.69, 9.17) is 9.15 Å². The number of hydrogen-bond donors (Lipinski definition) is 2. The van der Waals surface area contributed by atoms with Gasteiger partial charge in [0.15, 0.2) is 6.10 Å². The Morgan fingerprint density at radius 3 is 2.83 bits per heavy atom. The topological polar surface area (TPSA) is 118 Å². The number of carbonyl (C=O) groups is 4. The summed E-state index contributed by atoms with van der Waals surface area (Å²) in [4.78, 5) is 48.3. The van der Waals surface area contributed by atoms with Gasteiger partial charge < -0.3 is 19.4 Å². The summed E-state index contributed by atoms with van der Waals surface area (Å²) in [6, 6.07) is 2.77. The number of urea groups is 1. The first kappa shape index (κ1) is 17.5. The van der Waals surface area contributed by atoms with Crippen LogP contribution in [0.2, 0.25) is 0 Å². The number of likely N-dealkylation sites (tertiary alicyclic amines) is 1. The molecule has 1 saturated heterocycles. The van der Waals surface area contributed by atoms with Gasteiger partial charge in [0.25, 0.3) is 5.91 Å². The van der Waals surface area contributed by atoms with Crippen molar-refractivity contribution in [1.82, 2.24) is 15.5 Å². The highest BCUT2D eigenvalue weighted by molar-refractivity contribution is 5.97. The Labute approximate surface area is 138 Å². The number of amides is 4. The van der Waals surface area contributed by atoms with Gasteiger partial charge in [0.1, 0.15) is 5.76 Å². The molecule has 24 heavy (non-hydrogen) atoms. The van der Waals surface area contributed by atoms with Crippen molar-refractivity contribution < 1.29 is 28.3 Å². The van der Waals surface area contributed by atoms with Crippen LogP contribution in [-0.2, 0) is 25.7 Å². The van der Waals surface area contributed by atoms with Crippen molar-refractivity contribution in [3.05, 3.63) is 24.2 Å². The van der Waals surface area contributed by atoms with Crippen LogP contribution in [0.15, 0.2) is 22.8 Å². The summed E-state index contributed by atoms with van der Waals surface area (Å²) in [6.45, 7) is 1.83. The summed E-state index contributed by atoms with van der Waals surface area (Å²) in [6.07, 6.45) is 0.390. The van der Waals surface area contributed by atoms with Gasteiger partial charge in [-0.15, -0.1) is 0 Å². The molecule has 130 valence electrons. The summed E-state index contributed by atoms with van der Waals surface area (Å²) >= 11 is 0. The number of esters is 1.